The zero-order valence-corrected chi connectivity index (χ0v) is 18.1. The highest BCUT2D eigenvalue weighted by atomic mass is 32.2. The summed E-state index contributed by atoms with van der Waals surface area (Å²) in [5, 5.41) is 8.95. The number of halogens is 1. The summed E-state index contributed by atoms with van der Waals surface area (Å²) in [4.78, 5) is 14.5. The largest absolute Gasteiger partial charge is 0.383 e. The van der Waals surface area contributed by atoms with Crippen LogP contribution < -0.4 is 0 Å². The van der Waals surface area contributed by atoms with Crippen LogP contribution in [0.25, 0.3) is 11.4 Å². The van der Waals surface area contributed by atoms with Crippen LogP contribution in [0.5, 0.6) is 0 Å². The van der Waals surface area contributed by atoms with Gasteiger partial charge >= 0.3 is 0 Å². The van der Waals surface area contributed by atoms with Gasteiger partial charge in [0.15, 0.2) is 11.0 Å². The molecule has 0 saturated heterocycles. The summed E-state index contributed by atoms with van der Waals surface area (Å²) in [7, 11) is 3.36. The van der Waals surface area contributed by atoms with E-state index >= 15 is 0 Å². The fraction of sp³-hybridized carbons (Fsp3) is 0.318. The number of carbonyl (C=O) groups is 1. The number of carbonyl (C=O) groups excluding carboxylic acids is 1. The van der Waals surface area contributed by atoms with E-state index in [9.17, 15) is 9.18 Å². The molecule has 0 aliphatic rings. The predicted molar refractivity (Wildman–Crippen MR) is 116 cm³/mol. The van der Waals surface area contributed by atoms with Gasteiger partial charge in [-0.3, -0.25) is 9.36 Å². The fourth-order valence-corrected chi connectivity index (χ4v) is 4.06. The number of nitrogens with zero attached hydrogens (tertiary/aromatic N) is 4. The van der Waals surface area contributed by atoms with Crippen LogP contribution in [0.15, 0.2) is 59.8 Å². The first-order valence-electron chi connectivity index (χ1n) is 9.63. The molecule has 8 heteroatoms. The maximum atomic E-state index is 13.4. The molecule has 0 aliphatic carbocycles. The molecule has 0 aliphatic heterocycles. The lowest BCUT2D eigenvalue weighted by Gasteiger charge is -2.21. The molecule has 0 bridgehead atoms. The first-order chi connectivity index (χ1) is 14.5. The maximum Gasteiger partial charge on any atom is 0.235 e. The molecule has 0 saturated carbocycles. The molecule has 3 rings (SSSR count). The number of rotatable bonds is 9. The zero-order chi connectivity index (χ0) is 21.5. The van der Waals surface area contributed by atoms with E-state index < -0.39 is 0 Å². The molecule has 1 unspecified atom stereocenters. The highest BCUT2D eigenvalue weighted by Gasteiger charge is 2.23. The highest BCUT2D eigenvalue weighted by Crippen LogP contribution is 2.27. The Kier molecular flexibility index (Phi) is 7.59. The lowest BCUT2D eigenvalue weighted by molar-refractivity contribution is -0.129. The molecule has 0 fully saturated rings. The summed E-state index contributed by atoms with van der Waals surface area (Å²) in [6, 6.07) is 16.1. The highest BCUT2D eigenvalue weighted by molar-refractivity contribution is 8.00. The summed E-state index contributed by atoms with van der Waals surface area (Å²) >= 11 is 1.35. The van der Waals surface area contributed by atoms with Crippen molar-refractivity contribution in [1.82, 2.24) is 19.7 Å². The summed E-state index contributed by atoms with van der Waals surface area (Å²) in [6.07, 6.45) is 0. The van der Waals surface area contributed by atoms with E-state index in [1.54, 1.807) is 31.2 Å². The number of benzene rings is 2. The van der Waals surface area contributed by atoms with E-state index in [2.05, 4.69) is 10.2 Å². The Morgan fingerprint density at radius 3 is 2.67 bits per heavy atom. The molecule has 6 nitrogen and oxygen atoms in total. The minimum absolute atomic E-state index is 0.0631. The number of hydrogen-bond donors (Lipinski definition) is 0. The molecule has 158 valence electrons. The van der Waals surface area contributed by atoms with Gasteiger partial charge in [-0.25, -0.2) is 4.39 Å². The quantitative estimate of drug-likeness (QED) is 0.484. The molecule has 3 aromatic rings. The SMILES string of the molecule is COCCn1c(SC(C)C(=O)N(C)Cc2cccc(F)c2)nnc1-c1ccccc1. The van der Waals surface area contributed by atoms with Gasteiger partial charge in [-0.15, -0.1) is 10.2 Å². The third-order valence-corrected chi connectivity index (χ3v) is 5.65. The van der Waals surface area contributed by atoms with E-state index in [1.165, 1.54) is 23.9 Å². The van der Waals surface area contributed by atoms with Crippen LogP contribution in [0.1, 0.15) is 12.5 Å². The van der Waals surface area contributed by atoms with Gasteiger partial charge < -0.3 is 9.64 Å². The zero-order valence-electron chi connectivity index (χ0n) is 17.3. The smallest absolute Gasteiger partial charge is 0.235 e. The van der Waals surface area contributed by atoms with Crippen molar-refractivity contribution in [2.45, 2.75) is 30.4 Å². The first kappa shape index (κ1) is 22.0. The standard InChI is InChI=1S/C22H25FN4O2S/c1-16(21(28)26(2)15-17-8-7-11-19(23)14-17)30-22-25-24-20(27(22)12-13-29-3)18-9-5-4-6-10-18/h4-11,14,16H,12-13,15H2,1-3H3. The summed E-state index contributed by atoms with van der Waals surface area (Å²) < 4.78 is 20.6. The van der Waals surface area contributed by atoms with Crippen LogP contribution in [0, 0.1) is 5.82 Å². The van der Waals surface area contributed by atoms with Crippen molar-refractivity contribution in [2.24, 2.45) is 0 Å². The number of hydrogen-bond acceptors (Lipinski definition) is 5. The van der Waals surface area contributed by atoms with Gasteiger partial charge in [0.2, 0.25) is 5.91 Å². The van der Waals surface area contributed by atoms with Crippen LogP contribution >= 0.6 is 11.8 Å². The molecule has 2 aromatic carbocycles. The Morgan fingerprint density at radius 2 is 1.97 bits per heavy atom. The normalized spacial score (nSPS) is 12.0. The van der Waals surface area contributed by atoms with Crippen molar-refractivity contribution in [2.75, 3.05) is 20.8 Å². The predicted octanol–water partition coefficient (Wildman–Crippen LogP) is 3.87. The van der Waals surface area contributed by atoms with Gasteiger partial charge in [0.1, 0.15) is 5.82 Å². The average Bonchev–Trinajstić information content (AvgIpc) is 3.14. The van der Waals surface area contributed by atoms with E-state index in [-0.39, 0.29) is 17.0 Å². The van der Waals surface area contributed by atoms with Crippen molar-refractivity contribution in [1.29, 1.82) is 0 Å². The van der Waals surface area contributed by atoms with Crippen molar-refractivity contribution in [3.8, 4) is 11.4 Å². The lowest BCUT2D eigenvalue weighted by atomic mass is 10.2. The molecule has 1 atom stereocenters. The van der Waals surface area contributed by atoms with Crippen LogP contribution in [-0.2, 0) is 22.6 Å². The van der Waals surface area contributed by atoms with E-state index in [1.807, 2.05) is 41.8 Å². The Hall–Kier alpha value is -2.71. The van der Waals surface area contributed by atoms with E-state index in [4.69, 9.17) is 4.74 Å². The Balaban J connectivity index is 1.74. The van der Waals surface area contributed by atoms with Crippen molar-refractivity contribution < 1.29 is 13.9 Å². The molecule has 0 radical (unpaired) electrons. The Morgan fingerprint density at radius 1 is 1.20 bits per heavy atom. The summed E-state index contributed by atoms with van der Waals surface area (Å²) in [5.74, 6) is 0.366. The first-order valence-corrected chi connectivity index (χ1v) is 10.5. The van der Waals surface area contributed by atoms with Gasteiger partial charge in [0.25, 0.3) is 0 Å². The van der Waals surface area contributed by atoms with E-state index in [0.29, 0.717) is 24.9 Å². The molecule has 1 amide bonds. The summed E-state index contributed by atoms with van der Waals surface area (Å²) in [5.41, 5.74) is 1.70. The number of thioether (sulfide) groups is 1. The maximum absolute atomic E-state index is 13.4. The second-order valence-corrected chi connectivity index (χ2v) is 8.21. The van der Waals surface area contributed by atoms with Crippen LogP contribution in [0.3, 0.4) is 0 Å². The minimum atomic E-state index is -0.377. The molecule has 1 heterocycles. The number of amides is 1. The topological polar surface area (TPSA) is 60.2 Å². The molecule has 30 heavy (non-hydrogen) atoms. The van der Waals surface area contributed by atoms with Crippen molar-refractivity contribution in [3.05, 3.63) is 66.0 Å². The summed E-state index contributed by atoms with van der Waals surface area (Å²) in [6.45, 7) is 3.27. The Labute approximate surface area is 180 Å². The van der Waals surface area contributed by atoms with Gasteiger partial charge in [-0.2, -0.15) is 0 Å². The minimum Gasteiger partial charge on any atom is -0.383 e. The van der Waals surface area contributed by atoms with Gasteiger partial charge in [-0.1, -0.05) is 54.2 Å². The number of ether oxygens (including phenoxy) is 1. The molecule has 0 spiro atoms. The molecular formula is C22H25FN4O2S. The second kappa shape index (κ2) is 10.4. The van der Waals surface area contributed by atoms with Gasteiger partial charge in [0.05, 0.1) is 18.4 Å². The number of aromatic nitrogens is 3. The third kappa shape index (κ3) is 5.46. The Bertz CT molecular complexity index is 980. The average molecular weight is 429 g/mol. The van der Waals surface area contributed by atoms with Crippen molar-refractivity contribution >= 4 is 17.7 Å². The van der Waals surface area contributed by atoms with Gasteiger partial charge in [0, 0.05) is 26.3 Å². The van der Waals surface area contributed by atoms with Crippen molar-refractivity contribution in [3.63, 3.8) is 0 Å². The molecular weight excluding hydrogens is 403 g/mol. The van der Waals surface area contributed by atoms with Crippen LogP contribution in [0.2, 0.25) is 0 Å². The molecule has 1 aromatic heterocycles. The van der Waals surface area contributed by atoms with Crippen LogP contribution in [0.4, 0.5) is 4.39 Å². The monoisotopic (exact) mass is 428 g/mol. The lowest BCUT2D eigenvalue weighted by Crippen LogP contribution is -2.33. The van der Waals surface area contributed by atoms with Crippen LogP contribution in [-0.4, -0.2) is 51.6 Å². The second-order valence-electron chi connectivity index (χ2n) is 6.90. The number of methoxy groups -OCH3 is 1. The van der Waals surface area contributed by atoms with Gasteiger partial charge in [-0.05, 0) is 24.6 Å². The molecule has 0 N–H and O–H groups in total. The van der Waals surface area contributed by atoms with E-state index in [0.717, 1.165) is 17.0 Å². The third-order valence-electron chi connectivity index (χ3n) is 4.58. The fourth-order valence-electron chi connectivity index (χ4n) is 3.07.